The van der Waals surface area contributed by atoms with Crippen LogP contribution in [0, 0.1) is 5.92 Å². The van der Waals surface area contributed by atoms with Crippen LogP contribution < -0.4 is 10.6 Å². The maximum atomic E-state index is 11.6. The van der Waals surface area contributed by atoms with Crippen molar-refractivity contribution in [1.82, 2.24) is 10.6 Å². The molecule has 0 bridgehead atoms. The van der Waals surface area contributed by atoms with Crippen LogP contribution in [-0.2, 0) is 16.0 Å². The van der Waals surface area contributed by atoms with E-state index in [2.05, 4.69) is 10.6 Å². The molecule has 1 fully saturated rings. The Morgan fingerprint density at radius 2 is 1.71 bits per heavy atom. The zero-order valence-electron chi connectivity index (χ0n) is 12.0. The van der Waals surface area contributed by atoms with E-state index in [9.17, 15) is 14.7 Å². The predicted octanol–water partition coefficient (Wildman–Crippen LogP) is 0.622. The van der Waals surface area contributed by atoms with Gasteiger partial charge < -0.3 is 15.7 Å². The van der Waals surface area contributed by atoms with Crippen LogP contribution in [0.1, 0.15) is 24.8 Å². The van der Waals surface area contributed by atoms with E-state index in [4.69, 9.17) is 0 Å². The summed E-state index contributed by atoms with van der Waals surface area (Å²) in [7, 11) is 0. The van der Waals surface area contributed by atoms with E-state index >= 15 is 0 Å². The highest BCUT2D eigenvalue weighted by Gasteiger charge is 2.29. The fourth-order valence-corrected chi connectivity index (χ4v) is 2.18. The van der Waals surface area contributed by atoms with Gasteiger partial charge in [-0.2, -0.15) is 0 Å². The maximum Gasteiger partial charge on any atom is 0.309 e. The van der Waals surface area contributed by atoms with Crippen LogP contribution in [0.5, 0.6) is 0 Å². The van der Waals surface area contributed by atoms with Crippen LogP contribution in [0.15, 0.2) is 30.3 Å². The van der Waals surface area contributed by atoms with Gasteiger partial charge in [0.05, 0.1) is 6.10 Å². The normalized spacial score (nSPS) is 15.3. The summed E-state index contributed by atoms with van der Waals surface area (Å²) in [5.41, 5.74) is 1.12. The van der Waals surface area contributed by atoms with E-state index in [1.807, 2.05) is 30.3 Å². The van der Waals surface area contributed by atoms with Gasteiger partial charge in [-0.3, -0.25) is 9.59 Å². The number of hydrogen-bond donors (Lipinski definition) is 3. The molecule has 0 aliphatic heterocycles. The van der Waals surface area contributed by atoms with Crippen molar-refractivity contribution in [2.24, 2.45) is 5.92 Å². The van der Waals surface area contributed by atoms with E-state index in [0.29, 0.717) is 31.8 Å². The minimum Gasteiger partial charge on any atom is -0.393 e. The van der Waals surface area contributed by atoms with Gasteiger partial charge in [0.1, 0.15) is 0 Å². The quantitative estimate of drug-likeness (QED) is 0.644. The lowest BCUT2D eigenvalue weighted by atomic mass is 10.1. The molecule has 5 nitrogen and oxygen atoms in total. The van der Waals surface area contributed by atoms with E-state index < -0.39 is 11.8 Å². The molecule has 1 aliphatic carbocycles. The van der Waals surface area contributed by atoms with E-state index in [1.54, 1.807) is 0 Å². The number of carbonyl (C=O) groups is 2. The van der Waals surface area contributed by atoms with Crippen LogP contribution >= 0.6 is 0 Å². The number of nitrogens with one attached hydrogen (secondary N) is 2. The molecule has 0 aromatic heterocycles. The molecular formula is C16H22N2O3. The van der Waals surface area contributed by atoms with Crippen molar-refractivity contribution in [2.75, 3.05) is 13.1 Å². The highest BCUT2D eigenvalue weighted by Crippen LogP contribution is 2.33. The average Bonchev–Trinajstić information content (AvgIpc) is 3.32. The summed E-state index contributed by atoms with van der Waals surface area (Å²) < 4.78 is 0. The average molecular weight is 290 g/mol. The molecular weight excluding hydrogens is 268 g/mol. The monoisotopic (exact) mass is 290 g/mol. The first-order chi connectivity index (χ1) is 10.2. The van der Waals surface area contributed by atoms with Crippen LogP contribution in [0.3, 0.4) is 0 Å². The van der Waals surface area contributed by atoms with Crippen molar-refractivity contribution in [1.29, 1.82) is 0 Å². The minimum absolute atomic E-state index is 0.336. The lowest BCUT2D eigenvalue weighted by Crippen LogP contribution is -2.41. The van der Waals surface area contributed by atoms with Gasteiger partial charge in [-0.15, -0.1) is 0 Å². The lowest BCUT2D eigenvalue weighted by molar-refractivity contribution is -0.139. The Bertz CT molecular complexity index is 472. The number of aliphatic hydroxyl groups excluding tert-OH is 1. The summed E-state index contributed by atoms with van der Waals surface area (Å²) in [6, 6.07) is 9.77. The fraction of sp³-hybridized carbons (Fsp3) is 0.500. The second-order valence-electron chi connectivity index (χ2n) is 5.44. The molecule has 3 N–H and O–H groups in total. The molecule has 1 aromatic carbocycles. The largest absolute Gasteiger partial charge is 0.393 e. The predicted molar refractivity (Wildman–Crippen MR) is 79.5 cm³/mol. The third-order valence-corrected chi connectivity index (χ3v) is 3.64. The van der Waals surface area contributed by atoms with E-state index in [0.717, 1.165) is 18.4 Å². The molecule has 1 saturated carbocycles. The molecule has 5 heteroatoms. The Morgan fingerprint density at radius 1 is 1.10 bits per heavy atom. The molecule has 1 aromatic rings. The van der Waals surface area contributed by atoms with Crippen LogP contribution in [0.2, 0.25) is 0 Å². The van der Waals surface area contributed by atoms with Crippen molar-refractivity contribution >= 4 is 11.8 Å². The summed E-state index contributed by atoms with van der Waals surface area (Å²) in [5.74, 6) is -0.862. The maximum absolute atomic E-state index is 11.6. The molecule has 21 heavy (non-hydrogen) atoms. The van der Waals surface area contributed by atoms with Gasteiger partial charge in [0.25, 0.3) is 0 Å². The molecule has 0 heterocycles. The van der Waals surface area contributed by atoms with E-state index in [1.165, 1.54) is 0 Å². The number of rotatable bonds is 7. The van der Waals surface area contributed by atoms with Gasteiger partial charge in [-0.05, 0) is 37.2 Å². The third-order valence-electron chi connectivity index (χ3n) is 3.64. The van der Waals surface area contributed by atoms with Crippen molar-refractivity contribution in [2.45, 2.75) is 31.8 Å². The Morgan fingerprint density at radius 3 is 2.33 bits per heavy atom. The van der Waals surface area contributed by atoms with Crippen molar-refractivity contribution in [3.05, 3.63) is 35.9 Å². The minimum atomic E-state index is -0.633. The number of hydrogen-bond acceptors (Lipinski definition) is 3. The zero-order chi connectivity index (χ0) is 15.1. The first-order valence-electron chi connectivity index (χ1n) is 7.45. The molecule has 1 aliphatic rings. The van der Waals surface area contributed by atoms with E-state index in [-0.39, 0.29) is 6.10 Å². The molecule has 1 atom stereocenters. The number of amides is 2. The van der Waals surface area contributed by atoms with Crippen LogP contribution in [-0.4, -0.2) is 36.1 Å². The second-order valence-corrected chi connectivity index (χ2v) is 5.44. The number of aliphatic hydroxyl groups is 1. The van der Waals surface area contributed by atoms with Gasteiger partial charge >= 0.3 is 11.8 Å². The number of benzene rings is 1. The smallest absolute Gasteiger partial charge is 0.309 e. The highest BCUT2D eigenvalue weighted by atomic mass is 16.3. The van der Waals surface area contributed by atoms with Gasteiger partial charge in [0.15, 0.2) is 0 Å². The summed E-state index contributed by atoms with van der Waals surface area (Å²) in [6.07, 6.45) is 2.98. The SMILES string of the molecule is O=C(NCCc1ccccc1)C(=O)NCC[C@@H](O)C1CC1. The van der Waals surface area contributed by atoms with Crippen molar-refractivity contribution < 1.29 is 14.7 Å². The zero-order valence-corrected chi connectivity index (χ0v) is 12.0. The first kappa shape index (κ1) is 15.5. The van der Waals surface area contributed by atoms with Gasteiger partial charge in [-0.25, -0.2) is 0 Å². The Balaban J connectivity index is 1.57. The molecule has 0 spiro atoms. The summed E-state index contributed by atoms with van der Waals surface area (Å²) >= 11 is 0. The molecule has 2 rings (SSSR count). The first-order valence-corrected chi connectivity index (χ1v) is 7.45. The summed E-state index contributed by atoms with van der Waals surface area (Å²) in [6.45, 7) is 0.767. The van der Waals surface area contributed by atoms with Crippen LogP contribution in [0.4, 0.5) is 0 Å². The topological polar surface area (TPSA) is 78.4 Å². The second kappa shape index (κ2) is 7.78. The fourth-order valence-electron chi connectivity index (χ4n) is 2.18. The molecule has 114 valence electrons. The Labute approximate surface area is 124 Å². The highest BCUT2D eigenvalue weighted by molar-refractivity contribution is 6.35. The summed E-state index contributed by atoms with van der Waals surface area (Å²) in [5, 5.41) is 14.8. The van der Waals surface area contributed by atoms with Gasteiger partial charge in [0, 0.05) is 13.1 Å². The van der Waals surface area contributed by atoms with Crippen LogP contribution in [0.25, 0.3) is 0 Å². The molecule has 0 radical (unpaired) electrons. The third kappa shape index (κ3) is 5.55. The summed E-state index contributed by atoms with van der Waals surface area (Å²) in [4.78, 5) is 23.1. The lowest BCUT2D eigenvalue weighted by Gasteiger charge is -2.10. The van der Waals surface area contributed by atoms with Gasteiger partial charge in [0.2, 0.25) is 0 Å². The number of carbonyl (C=O) groups excluding carboxylic acids is 2. The standard InChI is InChI=1S/C16H22N2O3/c19-14(13-6-7-13)9-11-18-16(21)15(20)17-10-8-12-4-2-1-3-5-12/h1-5,13-14,19H,6-11H2,(H,17,20)(H,18,21)/t14-/m1/s1. The Hall–Kier alpha value is -1.88. The van der Waals surface area contributed by atoms with Gasteiger partial charge in [-0.1, -0.05) is 30.3 Å². The molecule has 2 amide bonds. The van der Waals surface area contributed by atoms with Crippen molar-refractivity contribution in [3.63, 3.8) is 0 Å². The molecule has 0 unspecified atom stereocenters. The Kier molecular flexibility index (Phi) is 5.75. The van der Waals surface area contributed by atoms with Crippen molar-refractivity contribution in [3.8, 4) is 0 Å². The molecule has 0 saturated heterocycles.